The number of fused-ring (bicyclic) bond motifs is 2. The number of hydrogen-bond donors (Lipinski definition) is 0. The lowest BCUT2D eigenvalue weighted by molar-refractivity contribution is -0.144. The summed E-state index contributed by atoms with van der Waals surface area (Å²) in [4.78, 5) is 58.1. The summed E-state index contributed by atoms with van der Waals surface area (Å²) in [6.07, 6.45) is 3.28. The summed E-state index contributed by atoms with van der Waals surface area (Å²) < 4.78 is 7.22. The van der Waals surface area contributed by atoms with E-state index in [4.69, 9.17) is 4.74 Å². The number of benzene rings is 1. The van der Waals surface area contributed by atoms with Gasteiger partial charge in [-0.05, 0) is 42.8 Å². The second kappa shape index (κ2) is 9.12. The van der Waals surface area contributed by atoms with Crippen molar-refractivity contribution < 1.29 is 19.1 Å². The molecular weight excluding hydrogens is 542 g/mol. The summed E-state index contributed by atoms with van der Waals surface area (Å²) in [6, 6.07) is 10.6. The van der Waals surface area contributed by atoms with Crippen molar-refractivity contribution in [3.63, 3.8) is 0 Å². The molecule has 3 aromatic rings. The van der Waals surface area contributed by atoms with Crippen molar-refractivity contribution in [3.05, 3.63) is 73.4 Å². The molecule has 0 bridgehead atoms. The first-order valence-electron chi connectivity index (χ1n) is 10.5. The standard InChI is InChI=1S/C23H18BrN3O5S2/c1-2-32-15(28)11-26-22-19(34-23(26)31)16(12-4-3-9-25-10-12)17-18(33-22)21(30)27(20(17)29)14-7-5-13(24)6-8-14/h3-10,16-18H,2,11H2,1H3/t16-,17?,18?/m1/s1. The molecule has 2 aliphatic heterocycles. The van der Waals surface area contributed by atoms with Crippen molar-refractivity contribution in [3.8, 4) is 0 Å². The highest BCUT2D eigenvalue weighted by Crippen LogP contribution is 2.53. The number of carbonyl (C=O) groups excluding carboxylic acids is 3. The smallest absolute Gasteiger partial charge is 0.326 e. The Morgan fingerprint density at radius 1 is 1.15 bits per heavy atom. The van der Waals surface area contributed by atoms with Gasteiger partial charge in [0.15, 0.2) is 0 Å². The third-order valence-corrected chi connectivity index (χ3v) is 8.90. The third-order valence-electron chi connectivity index (χ3n) is 5.77. The predicted octanol–water partition coefficient (Wildman–Crippen LogP) is 3.43. The fourth-order valence-corrected chi connectivity index (χ4v) is 7.39. The van der Waals surface area contributed by atoms with Gasteiger partial charge in [-0.2, -0.15) is 0 Å². The number of pyridine rings is 1. The van der Waals surface area contributed by atoms with Gasteiger partial charge in [-0.3, -0.25) is 28.7 Å². The number of thioether (sulfide) groups is 1. The first-order chi connectivity index (χ1) is 16.4. The van der Waals surface area contributed by atoms with E-state index >= 15 is 0 Å². The minimum absolute atomic E-state index is 0.200. The molecule has 1 aromatic carbocycles. The van der Waals surface area contributed by atoms with Crippen LogP contribution in [0.25, 0.3) is 0 Å². The zero-order valence-electron chi connectivity index (χ0n) is 17.8. The number of hydrogen-bond acceptors (Lipinski definition) is 8. The molecule has 5 rings (SSSR count). The van der Waals surface area contributed by atoms with Crippen LogP contribution in [0.2, 0.25) is 0 Å². The van der Waals surface area contributed by atoms with Gasteiger partial charge in [0.1, 0.15) is 11.8 Å². The van der Waals surface area contributed by atoms with Gasteiger partial charge < -0.3 is 4.74 Å². The molecular formula is C23H18BrN3O5S2. The molecule has 2 amide bonds. The van der Waals surface area contributed by atoms with Crippen molar-refractivity contribution in [1.82, 2.24) is 9.55 Å². The van der Waals surface area contributed by atoms with Crippen molar-refractivity contribution in [2.45, 2.75) is 29.7 Å². The number of amides is 2. The Bertz CT molecular complexity index is 1340. The first kappa shape index (κ1) is 23.0. The van der Waals surface area contributed by atoms with E-state index in [1.54, 1.807) is 49.6 Å². The SMILES string of the molecule is CCOC(=O)Cn1c2c(sc1=O)[C@H](c1cccnc1)C1C(=O)N(c3ccc(Br)cc3)C(=O)C1S2. The van der Waals surface area contributed by atoms with E-state index in [1.165, 1.54) is 21.2 Å². The average Bonchev–Trinajstić information content (AvgIpc) is 3.27. The Labute approximate surface area is 211 Å². The van der Waals surface area contributed by atoms with E-state index in [0.29, 0.717) is 15.6 Å². The van der Waals surface area contributed by atoms with E-state index in [2.05, 4.69) is 20.9 Å². The van der Waals surface area contributed by atoms with E-state index in [0.717, 1.165) is 21.4 Å². The summed E-state index contributed by atoms with van der Waals surface area (Å²) >= 11 is 5.54. The van der Waals surface area contributed by atoms with Crippen LogP contribution >= 0.6 is 39.0 Å². The number of ether oxygens (including phenoxy) is 1. The van der Waals surface area contributed by atoms with Crippen LogP contribution in [-0.2, 0) is 25.7 Å². The van der Waals surface area contributed by atoms with Gasteiger partial charge in [-0.1, -0.05) is 45.1 Å². The van der Waals surface area contributed by atoms with Gasteiger partial charge in [-0.25, -0.2) is 4.90 Å². The van der Waals surface area contributed by atoms with E-state index < -0.39 is 23.1 Å². The summed E-state index contributed by atoms with van der Waals surface area (Å²) in [6.45, 7) is 1.65. The van der Waals surface area contributed by atoms with Crippen LogP contribution < -0.4 is 9.77 Å². The van der Waals surface area contributed by atoms with Crippen LogP contribution in [0.3, 0.4) is 0 Å². The van der Waals surface area contributed by atoms with Crippen molar-refractivity contribution in [2.75, 3.05) is 11.5 Å². The lowest BCUT2D eigenvalue weighted by atomic mass is 9.84. The van der Waals surface area contributed by atoms with Crippen LogP contribution in [0.1, 0.15) is 23.3 Å². The number of rotatable bonds is 5. The molecule has 0 radical (unpaired) electrons. The van der Waals surface area contributed by atoms with Crippen LogP contribution in [0.5, 0.6) is 0 Å². The molecule has 0 saturated carbocycles. The Morgan fingerprint density at radius 3 is 2.59 bits per heavy atom. The van der Waals surface area contributed by atoms with E-state index in [-0.39, 0.29) is 29.8 Å². The molecule has 2 unspecified atom stereocenters. The molecule has 11 heteroatoms. The van der Waals surface area contributed by atoms with Gasteiger partial charge in [0.25, 0.3) is 0 Å². The lowest BCUT2D eigenvalue weighted by Gasteiger charge is -2.30. The second-order valence-corrected chi connectivity index (χ2v) is 10.8. The monoisotopic (exact) mass is 559 g/mol. The first-order valence-corrected chi connectivity index (χ1v) is 13.0. The van der Waals surface area contributed by atoms with E-state index in [1.807, 2.05) is 6.07 Å². The molecule has 0 N–H and O–H groups in total. The Kier molecular flexibility index (Phi) is 6.17. The minimum Gasteiger partial charge on any atom is -0.465 e. The quantitative estimate of drug-likeness (QED) is 0.349. The van der Waals surface area contributed by atoms with Gasteiger partial charge in [-0.15, -0.1) is 0 Å². The Hall–Kier alpha value is -2.76. The molecule has 0 aliphatic carbocycles. The predicted molar refractivity (Wildman–Crippen MR) is 131 cm³/mol. The van der Waals surface area contributed by atoms with Crippen molar-refractivity contribution >= 4 is 62.5 Å². The highest BCUT2D eigenvalue weighted by Gasteiger charge is 2.56. The Balaban J connectivity index is 1.63. The van der Waals surface area contributed by atoms with Gasteiger partial charge in [0, 0.05) is 27.7 Å². The normalized spacial score (nSPS) is 21.4. The lowest BCUT2D eigenvalue weighted by Crippen LogP contribution is -2.32. The zero-order chi connectivity index (χ0) is 24.0. The third kappa shape index (κ3) is 3.81. The molecule has 2 aliphatic rings. The van der Waals surface area contributed by atoms with Crippen molar-refractivity contribution in [1.29, 1.82) is 0 Å². The topological polar surface area (TPSA) is 98.6 Å². The second-order valence-electron chi connectivity index (χ2n) is 7.75. The van der Waals surface area contributed by atoms with Crippen LogP contribution in [0, 0.1) is 5.92 Å². The fourth-order valence-electron chi connectivity index (χ4n) is 4.35. The fraction of sp³-hybridized carbons (Fsp3) is 0.261. The Morgan fingerprint density at radius 2 is 1.91 bits per heavy atom. The number of imide groups is 1. The average molecular weight is 560 g/mol. The number of nitrogens with zero attached hydrogens (tertiary/aromatic N) is 3. The summed E-state index contributed by atoms with van der Waals surface area (Å²) in [5.74, 6) is -2.43. The summed E-state index contributed by atoms with van der Waals surface area (Å²) in [5, 5.41) is -0.215. The maximum atomic E-state index is 13.7. The van der Waals surface area contributed by atoms with Crippen molar-refractivity contribution in [2.24, 2.45) is 5.92 Å². The van der Waals surface area contributed by atoms with E-state index in [9.17, 15) is 19.2 Å². The summed E-state index contributed by atoms with van der Waals surface area (Å²) in [7, 11) is 0. The highest BCUT2D eigenvalue weighted by molar-refractivity contribution is 9.10. The summed E-state index contributed by atoms with van der Waals surface area (Å²) in [5.41, 5.74) is 1.23. The van der Waals surface area contributed by atoms with Crippen LogP contribution in [0.4, 0.5) is 5.69 Å². The molecule has 2 aromatic heterocycles. The number of aromatic nitrogens is 2. The number of carbonyl (C=O) groups is 3. The maximum Gasteiger partial charge on any atom is 0.326 e. The molecule has 174 valence electrons. The molecule has 34 heavy (non-hydrogen) atoms. The number of halogens is 1. The van der Waals surface area contributed by atoms with Gasteiger partial charge in [0.2, 0.25) is 11.8 Å². The molecule has 3 atom stereocenters. The number of anilines is 1. The zero-order valence-corrected chi connectivity index (χ0v) is 21.1. The highest BCUT2D eigenvalue weighted by atomic mass is 79.9. The van der Waals surface area contributed by atoms with Crippen LogP contribution in [0.15, 0.2) is 63.1 Å². The van der Waals surface area contributed by atoms with Crippen LogP contribution in [-0.4, -0.2) is 39.2 Å². The largest absolute Gasteiger partial charge is 0.465 e. The molecule has 0 spiro atoms. The maximum absolute atomic E-state index is 13.7. The molecule has 1 fully saturated rings. The van der Waals surface area contributed by atoms with Gasteiger partial charge >= 0.3 is 10.8 Å². The molecule has 8 nitrogen and oxygen atoms in total. The van der Waals surface area contributed by atoms with Gasteiger partial charge in [0.05, 0.1) is 23.2 Å². The number of thiazole rings is 1. The molecule has 1 saturated heterocycles. The number of esters is 1. The minimum atomic E-state index is -0.740. The molecule has 4 heterocycles.